The molecule has 2 atom stereocenters. The van der Waals surface area contributed by atoms with E-state index in [2.05, 4.69) is 29.6 Å². The molecule has 1 fully saturated rings. The minimum Gasteiger partial charge on any atom is -0.331 e. The summed E-state index contributed by atoms with van der Waals surface area (Å²) in [5.74, 6) is -0.00496. The van der Waals surface area contributed by atoms with Gasteiger partial charge in [-0.15, -0.1) is 0 Å². The molecule has 138 valence electrons. The van der Waals surface area contributed by atoms with Gasteiger partial charge in [0.1, 0.15) is 0 Å². The molecule has 1 aromatic carbocycles. The summed E-state index contributed by atoms with van der Waals surface area (Å²) in [7, 11) is 4.13. The zero-order valence-corrected chi connectivity index (χ0v) is 15.7. The summed E-state index contributed by atoms with van der Waals surface area (Å²) in [5.41, 5.74) is 1.79. The average molecular weight is 346 g/mol. The highest BCUT2D eigenvalue weighted by molar-refractivity contribution is 5.90. The summed E-state index contributed by atoms with van der Waals surface area (Å²) in [6, 6.07) is 7.95. The maximum absolute atomic E-state index is 12.5. The van der Waals surface area contributed by atoms with Gasteiger partial charge in [0.05, 0.1) is 6.04 Å². The third-order valence-corrected chi connectivity index (χ3v) is 4.77. The summed E-state index contributed by atoms with van der Waals surface area (Å²) < 4.78 is 0. The number of anilines is 1. The SMILES string of the molecule is CCC(=O)Nc1ccc([C@H](C)NC(=O)N2CCC[C@H](N(C)C)C2)cc1. The molecule has 1 aromatic rings. The Hall–Kier alpha value is -2.08. The van der Waals surface area contributed by atoms with E-state index in [1.54, 1.807) is 0 Å². The van der Waals surface area contributed by atoms with Crippen molar-refractivity contribution in [2.24, 2.45) is 0 Å². The number of piperidine rings is 1. The van der Waals surface area contributed by atoms with Gasteiger partial charge in [0.25, 0.3) is 0 Å². The predicted molar refractivity (Wildman–Crippen MR) is 101 cm³/mol. The number of hydrogen-bond acceptors (Lipinski definition) is 3. The molecule has 2 N–H and O–H groups in total. The fourth-order valence-electron chi connectivity index (χ4n) is 3.03. The minimum atomic E-state index is -0.0804. The summed E-state index contributed by atoms with van der Waals surface area (Å²) in [4.78, 5) is 28.0. The molecule has 6 heteroatoms. The first-order valence-corrected chi connectivity index (χ1v) is 9.02. The van der Waals surface area contributed by atoms with Crippen molar-refractivity contribution in [1.82, 2.24) is 15.1 Å². The van der Waals surface area contributed by atoms with Crippen molar-refractivity contribution in [3.05, 3.63) is 29.8 Å². The summed E-state index contributed by atoms with van der Waals surface area (Å²) >= 11 is 0. The van der Waals surface area contributed by atoms with Crippen molar-refractivity contribution in [2.45, 2.75) is 45.2 Å². The molecule has 6 nitrogen and oxygen atoms in total. The molecule has 2 rings (SSSR count). The van der Waals surface area contributed by atoms with Crippen molar-refractivity contribution in [3.63, 3.8) is 0 Å². The molecule has 1 heterocycles. The average Bonchev–Trinajstić information content (AvgIpc) is 2.62. The Morgan fingerprint density at radius 1 is 1.28 bits per heavy atom. The highest BCUT2D eigenvalue weighted by atomic mass is 16.2. The number of hydrogen-bond donors (Lipinski definition) is 2. The van der Waals surface area contributed by atoms with Crippen LogP contribution in [0.15, 0.2) is 24.3 Å². The highest BCUT2D eigenvalue weighted by Crippen LogP contribution is 2.18. The van der Waals surface area contributed by atoms with Gasteiger partial charge >= 0.3 is 6.03 Å². The highest BCUT2D eigenvalue weighted by Gasteiger charge is 2.25. The lowest BCUT2D eigenvalue weighted by atomic mass is 10.1. The third kappa shape index (κ3) is 5.46. The Morgan fingerprint density at radius 2 is 1.96 bits per heavy atom. The third-order valence-electron chi connectivity index (χ3n) is 4.77. The molecular formula is C19H30N4O2. The zero-order valence-electron chi connectivity index (χ0n) is 15.7. The first-order chi connectivity index (χ1) is 11.9. The van der Waals surface area contributed by atoms with Gasteiger partial charge in [0, 0.05) is 31.2 Å². The number of benzene rings is 1. The van der Waals surface area contributed by atoms with E-state index in [1.807, 2.05) is 43.0 Å². The molecule has 0 radical (unpaired) electrons. The van der Waals surface area contributed by atoms with Gasteiger partial charge < -0.3 is 20.4 Å². The lowest BCUT2D eigenvalue weighted by molar-refractivity contribution is -0.115. The van der Waals surface area contributed by atoms with Crippen molar-refractivity contribution in [1.29, 1.82) is 0 Å². The number of nitrogens with one attached hydrogen (secondary N) is 2. The van der Waals surface area contributed by atoms with E-state index < -0.39 is 0 Å². The van der Waals surface area contributed by atoms with Gasteiger partial charge in [-0.25, -0.2) is 4.79 Å². The molecule has 3 amide bonds. The van der Waals surface area contributed by atoms with Gasteiger partial charge in [-0.1, -0.05) is 19.1 Å². The van der Waals surface area contributed by atoms with Crippen LogP contribution in [0.3, 0.4) is 0 Å². The van der Waals surface area contributed by atoms with E-state index in [0.717, 1.165) is 37.2 Å². The van der Waals surface area contributed by atoms with Crippen LogP contribution in [-0.4, -0.2) is 55.0 Å². The maximum Gasteiger partial charge on any atom is 0.317 e. The van der Waals surface area contributed by atoms with Crippen LogP contribution in [0.1, 0.15) is 44.7 Å². The van der Waals surface area contributed by atoms with Crippen LogP contribution in [0.4, 0.5) is 10.5 Å². The summed E-state index contributed by atoms with van der Waals surface area (Å²) in [5, 5.41) is 5.90. The smallest absolute Gasteiger partial charge is 0.317 e. The zero-order chi connectivity index (χ0) is 18.4. The van der Waals surface area contributed by atoms with E-state index in [1.165, 1.54) is 0 Å². The number of rotatable bonds is 5. The Bertz CT molecular complexity index is 586. The van der Waals surface area contributed by atoms with E-state index in [9.17, 15) is 9.59 Å². The van der Waals surface area contributed by atoms with Crippen LogP contribution < -0.4 is 10.6 Å². The van der Waals surface area contributed by atoms with Crippen molar-refractivity contribution in [3.8, 4) is 0 Å². The number of urea groups is 1. The van der Waals surface area contributed by atoms with Crippen LogP contribution in [-0.2, 0) is 4.79 Å². The monoisotopic (exact) mass is 346 g/mol. The second-order valence-electron chi connectivity index (χ2n) is 6.90. The molecule has 0 aliphatic carbocycles. The fourth-order valence-corrected chi connectivity index (χ4v) is 3.03. The molecule has 0 aromatic heterocycles. The van der Waals surface area contributed by atoms with Crippen LogP contribution >= 0.6 is 0 Å². The number of nitrogens with zero attached hydrogens (tertiary/aromatic N) is 2. The van der Waals surface area contributed by atoms with E-state index in [-0.39, 0.29) is 18.0 Å². The van der Waals surface area contributed by atoms with Gasteiger partial charge in [0.15, 0.2) is 0 Å². The minimum absolute atomic E-state index is 0.00496. The van der Waals surface area contributed by atoms with Crippen LogP contribution in [0, 0.1) is 0 Å². The molecule has 1 aliphatic heterocycles. The van der Waals surface area contributed by atoms with Crippen LogP contribution in [0.25, 0.3) is 0 Å². The lowest BCUT2D eigenvalue weighted by Gasteiger charge is -2.36. The van der Waals surface area contributed by atoms with E-state index in [0.29, 0.717) is 12.5 Å². The standard InChI is InChI=1S/C19H30N4O2/c1-5-18(24)21-16-10-8-15(9-11-16)14(2)20-19(25)23-12-6-7-17(13-23)22(3)4/h8-11,14,17H,5-7,12-13H2,1-4H3,(H,20,25)(H,21,24)/t14-,17-/m0/s1. The van der Waals surface area contributed by atoms with Gasteiger partial charge in [-0.3, -0.25) is 4.79 Å². The first kappa shape index (κ1) is 19.2. The summed E-state index contributed by atoms with van der Waals surface area (Å²) in [6.07, 6.45) is 2.63. The second kappa shape index (κ2) is 8.85. The molecule has 25 heavy (non-hydrogen) atoms. The number of amides is 3. The molecular weight excluding hydrogens is 316 g/mol. The van der Waals surface area contributed by atoms with Crippen LogP contribution in [0.2, 0.25) is 0 Å². The van der Waals surface area contributed by atoms with E-state index >= 15 is 0 Å². The van der Waals surface area contributed by atoms with Crippen molar-refractivity contribution >= 4 is 17.6 Å². The first-order valence-electron chi connectivity index (χ1n) is 9.02. The Morgan fingerprint density at radius 3 is 2.56 bits per heavy atom. The normalized spacial score (nSPS) is 18.8. The Balaban J connectivity index is 1.91. The van der Waals surface area contributed by atoms with Gasteiger partial charge in [0.2, 0.25) is 5.91 Å². The Labute approximate surface area is 150 Å². The quantitative estimate of drug-likeness (QED) is 0.862. The van der Waals surface area contributed by atoms with Crippen molar-refractivity contribution in [2.75, 3.05) is 32.5 Å². The predicted octanol–water partition coefficient (Wildman–Crippen LogP) is 2.83. The molecule has 0 spiro atoms. The summed E-state index contributed by atoms with van der Waals surface area (Å²) in [6.45, 7) is 5.38. The van der Waals surface area contributed by atoms with Crippen molar-refractivity contribution < 1.29 is 9.59 Å². The second-order valence-corrected chi connectivity index (χ2v) is 6.90. The Kier molecular flexibility index (Phi) is 6.82. The topological polar surface area (TPSA) is 64.7 Å². The molecule has 0 saturated carbocycles. The van der Waals surface area contributed by atoms with Gasteiger partial charge in [-0.2, -0.15) is 0 Å². The number of carbonyl (C=O) groups is 2. The molecule has 1 saturated heterocycles. The number of likely N-dealkylation sites (tertiary alicyclic amines) is 1. The lowest BCUT2D eigenvalue weighted by Crippen LogP contribution is -2.51. The number of carbonyl (C=O) groups excluding carboxylic acids is 2. The van der Waals surface area contributed by atoms with E-state index in [4.69, 9.17) is 0 Å². The number of likely N-dealkylation sites (N-methyl/N-ethyl adjacent to an activating group) is 1. The van der Waals surface area contributed by atoms with Gasteiger partial charge in [-0.05, 0) is 51.6 Å². The molecule has 0 unspecified atom stereocenters. The van der Waals surface area contributed by atoms with Crippen LogP contribution in [0.5, 0.6) is 0 Å². The maximum atomic E-state index is 12.5. The largest absolute Gasteiger partial charge is 0.331 e. The molecule has 0 bridgehead atoms. The molecule has 1 aliphatic rings. The fraction of sp³-hybridized carbons (Fsp3) is 0.579.